The summed E-state index contributed by atoms with van der Waals surface area (Å²) in [5.74, 6) is 0.760. The maximum absolute atomic E-state index is 13.2. The minimum Gasteiger partial charge on any atom is -0.489 e. The number of nitrogens with zero attached hydrogens (tertiary/aromatic N) is 3. The van der Waals surface area contributed by atoms with Gasteiger partial charge in [0, 0.05) is 23.9 Å². The van der Waals surface area contributed by atoms with Crippen molar-refractivity contribution < 1.29 is 9.53 Å². The number of carbonyl (C=O) groups excluding carboxylic acids is 1. The van der Waals surface area contributed by atoms with Crippen molar-refractivity contribution in [3.63, 3.8) is 0 Å². The van der Waals surface area contributed by atoms with Crippen molar-refractivity contribution in [1.29, 1.82) is 0 Å². The molecule has 0 N–H and O–H groups in total. The zero-order chi connectivity index (χ0) is 27.2. The van der Waals surface area contributed by atoms with E-state index in [9.17, 15) is 4.79 Å². The first kappa shape index (κ1) is 26.9. The largest absolute Gasteiger partial charge is 0.489 e. The highest BCUT2D eigenvalue weighted by atomic mass is 32.2. The van der Waals surface area contributed by atoms with Gasteiger partial charge in [0.15, 0.2) is 0 Å². The maximum atomic E-state index is 13.2. The molecule has 3 aromatic carbocycles. The Morgan fingerprint density at radius 1 is 0.974 bits per heavy atom. The van der Waals surface area contributed by atoms with Crippen LogP contribution in [0.25, 0.3) is 23.0 Å². The number of aromatic nitrogens is 2. The van der Waals surface area contributed by atoms with E-state index in [1.54, 1.807) is 4.90 Å². The second kappa shape index (κ2) is 12.5. The molecule has 5 rings (SSSR count). The number of unbranched alkanes of at least 4 members (excludes halogenated alkanes) is 2. The molecular formula is C32H31N3O2S2. The van der Waals surface area contributed by atoms with Crippen molar-refractivity contribution in [3.05, 3.63) is 107 Å². The molecule has 1 aliphatic heterocycles. The number of hydrogen-bond acceptors (Lipinski definition) is 5. The molecule has 0 saturated carbocycles. The predicted octanol–water partition coefficient (Wildman–Crippen LogP) is 7.82. The Kier molecular flexibility index (Phi) is 8.59. The lowest BCUT2D eigenvalue weighted by Crippen LogP contribution is -2.28. The van der Waals surface area contributed by atoms with Crippen LogP contribution in [0.2, 0.25) is 0 Å². The molecule has 4 aromatic rings. The Labute approximate surface area is 239 Å². The molecule has 2 heterocycles. The third-order valence-corrected chi connectivity index (χ3v) is 7.94. The first-order chi connectivity index (χ1) is 19.0. The highest BCUT2D eigenvalue weighted by Gasteiger charge is 2.32. The second-order valence-electron chi connectivity index (χ2n) is 9.55. The molecule has 198 valence electrons. The van der Waals surface area contributed by atoms with Gasteiger partial charge < -0.3 is 4.74 Å². The zero-order valence-corrected chi connectivity index (χ0v) is 23.8. The van der Waals surface area contributed by atoms with E-state index in [-0.39, 0.29) is 5.91 Å². The highest BCUT2D eigenvalue weighted by molar-refractivity contribution is 8.26. The van der Waals surface area contributed by atoms with E-state index in [0.717, 1.165) is 53.1 Å². The molecule has 0 atom stereocenters. The summed E-state index contributed by atoms with van der Waals surface area (Å²) in [6.45, 7) is 5.40. The maximum Gasteiger partial charge on any atom is 0.266 e. The summed E-state index contributed by atoms with van der Waals surface area (Å²) in [5, 5.41) is 4.91. The van der Waals surface area contributed by atoms with Crippen LogP contribution in [0.1, 0.15) is 42.9 Å². The fourth-order valence-corrected chi connectivity index (χ4v) is 5.64. The van der Waals surface area contributed by atoms with Crippen molar-refractivity contribution in [2.45, 2.75) is 39.7 Å². The summed E-state index contributed by atoms with van der Waals surface area (Å²) < 4.78 is 8.48. The monoisotopic (exact) mass is 553 g/mol. The molecule has 1 amide bonds. The number of rotatable bonds is 10. The lowest BCUT2D eigenvalue weighted by Gasteiger charge is -2.13. The van der Waals surface area contributed by atoms with E-state index in [1.807, 2.05) is 71.6 Å². The molecule has 0 unspecified atom stereocenters. The minimum absolute atomic E-state index is 0.0284. The van der Waals surface area contributed by atoms with Gasteiger partial charge in [-0.1, -0.05) is 91.8 Å². The molecule has 1 fully saturated rings. The van der Waals surface area contributed by atoms with Crippen molar-refractivity contribution in [2.75, 3.05) is 6.54 Å². The van der Waals surface area contributed by atoms with Crippen LogP contribution in [0.4, 0.5) is 0 Å². The minimum atomic E-state index is -0.0284. The van der Waals surface area contributed by atoms with Gasteiger partial charge >= 0.3 is 0 Å². The fraction of sp³-hybridized carbons (Fsp3) is 0.219. The van der Waals surface area contributed by atoms with Crippen molar-refractivity contribution in [1.82, 2.24) is 14.7 Å². The molecule has 0 aliphatic carbocycles. The first-order valence-electron chi connectivity index (χ1n) is 13.2. The molecule has 1 saturated heterocycles. The average Bonchev–Trinajstić information content (AvgIpc) is 3.50. The predicted molar refractivity (Wildman–Crippen MR) is 164 cm³/mol. The van der Waals surface area contributed by atoms with Crippen LogP contribution in [-0.2, 0) is 11.4 Å². The summed E-state index contributed by atoms with van der Waals surface area (Å²) in [5.41, 5.74) is 5.90. The Balaban J connectivity index is 1.41. The normalized spacial score (nSPS) is 14.4. The number of aryl methyl sites for hydroxylation is 1. The van der Waals surface area contributed by atoms with Crippen molar-refractivity contribution >= 4 is 40.3 Å². The Morgan fingerprint density at radius 2 is 1.72 bits per heavy atom. The van der Waals surface area contributed by atoms with E-state index in [2.05, 4.69) is 38.1 Å². The van der Waals surface area contributed by atoms with Crippen LogP contribution in [0.3, 0.4) is 0 Å². The van der Waals surface area contributed by atoms with Crippen molar-refractivity contribution in [2.24, 2.45) is 0 Å². The highest BCUT2D eigenvalue weighted by Crippen LogP contribution is 2.35. The van der Waals surface area contributed by atoms with Gasteiger partial charge in [-0.2, -0.15) is 5.10 Å². The van der Waals surface area contributed by atoms with Crippen LogP contribution in [0, 0.1) is 6.92 Å². The Hall–Kier alpha value is -3.68. The molecule has 7 heteroatoms. The van der Waals surface area contributed by atoms with E-state index in [4.69, 9.17) is 22.1 Å². The zero-order valence-electron chi connectivity index (χ0n) is 22.2. The number of thioether (sulfide) groups is 1. The second-order valence-corrected chi connectivity index (χ2v) is 11.2. The van der Waals surface area contributed by atoms with Gasteiger partial charge in [0.25, 0.3) is 5.91 Å². The number of ether oxygens (including phenoxy) is 1. The lowest BCUT2D eigenvalue weighted by molar-refractivity contribution is -0.122. The van der Waals surface area contributed by atoms with Crippen molar-refractivity contribution in [3.8, 4) is 22.7 Å². The quantitative estimate of drug-likeness (QED) is 0.114. The number of para-hydroxylation sites is 1. The summed E-state index contributed by atoms with van der Waals surface area (Å²) in [6.07, 6.45) is 7.02. The molecule has 1 aliphatic rings. The van der Waals surface area contributed by atoms with Gasteiger partial charge in [-0.15, -0.1) is 0 Å². The summed E-state index contributed by atoms with van der Waals surface area (Å²) in [7, 11) is 0. The third kappa shape index (κ3) is 6.49. The number of amides is 1. The molecule has 0 spiro atoms. The van der Waals surface area contributed by atoms with E-state index < -0.39 is 0 Å². The van der Waals surface area contributed by atoms with Gasteiger partial charge in [-0.05, 0) is 61.4 Å². The van der Waals surface area contributed by atoms with Crippen LogP contribution in [-0.4, -0.2) is 31.5 Å². The van der Waals surface area contributed by atoms with E-state index in [1.165, 1.54) is 17.3 Å². The summed E-state index contributed by atoms with van der Waals surface area (Å²) in [6, 6.07) is 26.2. The topological polar surface area (TPSA) is 47.4 Å². The van der Waals surface area contributed by atoms with Gasteiger partial charge in [0.2, 0.25) is 0 Å². The molecular weight excluding hydrogens is 523 g/mol. The Morgan fingerprint density at radius 3 is 2.44 bits per heavy atom. The third-order valence-electron chi connectivity index (χ3n) is 6.56. The average molecular weight is 554 g/mol. The number of benzene rings is 3. The number of thiocarbonyl (C=S) groups is 1. The smallest absolute Gasteiger partial charge is 0.266 e. The number of carbonyl (C=O) groups is 1. The van der Waals surface area contributed by atoms with Crippen LogP contribution < -0.4 is 4.74 Å². The molecule has 1 aromatic heterocycles. The van der Waals surface area contributed by atoms with Crippen LogP contribution in [0.5, 0.6) is 5.75 Å². The first-order valence-corrected chi connectivity index (χ1v) is 14.4. The lowest BCUT2D eigenvalue weighted by atomic mass is 10.1. The molecule has 0 bridgehead atoms. The fourth-order valence-electron chi connectivity index (χ4n) is 4.34. The van der Waals surface area contributed by atoms with E-state index in [0.29, 0.717) is 22.4 Å². The number of hydrogen-bond donors (Lipinski definition) is 0. The molecule has 0 radical (unpaired) electrons. The SMILES string of the molecule is CCCCCN1C(=O)C(=Cc2cn(-c3ccccc3)nc2-c2ccc(OCc3ccc(C)cc3)cc2)SC1=S. The van der Waals surface area contributed by atoms with Gasteiger partial charge in [-0.25, -0.2) is 4.68 Å². The van der Waals surface area contributed by atoms with Crippen LogP contribution >= 0.6 is 24.0 Å². The van der Waals surface area contributed by atoms with Crippen LogP contribution in [0.15, 0.2) is 90.0 Å². The Bertz CT molecular complexity index is 1480. The van der Waals surface area contributed by atoms with Gasteiger partial charge in [-0.3, -0.25) is 9.69 Å². The van der Waals surface area contributed by atoms with Gasteiger partial charge in [0.05, 0.1) is 16.3 Å². The summed E-state index contributed by atoms with van der Waals surface area (Å²) in [4.78, 5) is 15.6. The standard InChI is InChI=1S/C32H31N3O2S2/c1-3-4-8-19-34-31(36)29(39-32(34)38)20-26-21-35(27-9-6-5-7-10-27)33-30(26)25-15-17-28(18-16-25)37-22-24-13-11-23(2)12-14-24/h5-7,9-18,20-21H,3-4,8,19,22H2,1-2H3. The van der Waals surface area contributed by atoms with Gasteiger partial charge in [0.1, 0.15) is 16.7 Å². The molecule has 5 nitrogen and oxygen atoms in total. The molecule has 39 heavy (non-hydrogen) atoms. The summed E-state index contributed by atoms with van der Waals surface area (Å²) >= 11 is 6.91. The van der Waals surface area contributed by atoms with E-state index >= 15 is 0 Å².